The highest BCUT2D eigenvalue weighted by molar-refractivity contribution is 5.32. The first-order valence-corrected chi connectivity index (χ1v) is 6.48. The molecule has 0 spiro atoms. The van der Waals surface area contributed by atoms with Crippen molar-refractivity contribution in [2.75, 3.05) is 5.32 Å². The highest BCUT2D eigenvalue weighted by Crippen LogP contribution is 2.16. The summed E-state index contributed by atoms with van der Waals surface area (Å²) in [7, 11) is 0. The number of aryl methyl sites for hydroxylation is 3. The minimum atomic E-state index is 0.390. The fraction of sp³-hybridized carbons (Fsp3) is 0.500. The Hall–Kier alpha value is -1.91. The van der Waals surface area contributed by atoms with Gasteiger partial charge in [-0.05, 0) is 32.8 Å². The van der Waals surface area contributed by atoms with Crippen LogP contribution >= 0.6 is 0 Å². The van der Waals surface area contributed by atoms with Crippen molar-refractivity contribution in [3.05, 3.63) is 34.5 Å². The molecule has 19 heavy (non-hydrogen) atoms. The van der Waals surface area contributed by atoms with Crippen LogP contribution in [0.3, 0.4) is 0 Å². The molecule has 2 aromatic rings. The molecule has 0 saturated carbocycles. The van der Waals surface area contributed by atoms with Crippen molar-refractivity contribution in [2.24, 2.45) is 0 Å². The quantitative estimate of drug-likeness (QED) is 0.915. The van der Waals surface area contributed by atoms with Gasteiger partial charge in [-0.1, -0.05) is 19.0 Å². The average molecular weight is 260 g/mol. The van der Waals surface area contributed by atoms with Crippen LogP contribution in [-0.2, 0) is 6.54 Å². The van der Waals surface area contributed by atoms with Gasteiger partial charge in [0.25, 0.3) is 0 Å². The summed E-state index contributed by atoms with van der Waals surface area (Å²) in [6, 6.07) is 2.02. The molecule has 0 saturated heterocycles. The van der Waals surface area contributed by atoms with E-state index in [1.54, 1.807) is 0 Å². The molecule has 102 valence electrons. The summed E-state index contributed by atoms with van der Waals surface area (Å²) in [5.41, 5.74) is 3.99. The number of nitrogens with zero attached hydrogens (tertiary/aromatic N) is 3. The standard InChI is InChI=1S/C14H20N4O/c1-8(2)13-6-9(3)16-14(17-13)15-7-12-10(4)18-19-11(12)5/h6,8H,7H2,1-5H3,(H,15,16,17). The molecule has 0 atom stereocenters. The predicted molar refractivity (Wildman–Crippen MR) is 74.2 cm³/mol. The highest BCUT2D eigenvalue weighted by atomic mass is 16.5. The highest BCUT2D eigenvalue weighted by Gasteiger charge is 2.10. The van der Waals surface area contributed by atoms with E-state index in [2.05, 4.69) is 34.3 Å². The second kappa shape index (κ2) is 5.38. The van der Waals surface area contributed by atoms with Gasteiger partial charge in [0.2, 0.25) is 5.95 Å². The zero-order valence-electron chi connectivity index (χ0n) is 12.1. The van der Waals surface area contributed by atoms with Crippen LogP contribution in [0.15, 0.2) is 10.6 Å². The first-order chi connectivity index (χ1) is 8.97. The fourth-order valence-corrected chi connectivity index (χ4v) is 1.89. The summed E-state index contributed by atoms with van der Waals surface area (Å²) >= 11 is 0. The summed E-state index contributed by atoms with van der Waals surface area (Å²) in [5, 5.41) is 7.18. The predicted octanol–water partition coefficient (Wildman–Crippen LogP) is 3.13. The molecule has 2 aromatic heterocycles. The molecule has 0 fully saturated rings. The molecule has 5 heteroatoms. The third-order valence-electron chi connectivity index (χ3n) is 3.07. The Balaban J connectivity index is 2.16. The molecular formula is C14H20N4O. The van der Waals surface area contributed by atoms with Gasteiger partial charge in [-0.15, -0.1) is 0 Å². The largest absolute Gasteiger partial charge is 0.361 e. The Morgan fingerprint density at radius 3 is 2.53 bits per heavy atom. The van der Waals surface area contributed by atoms with E-state index in [1.165, 1.54) is 0 Å². The third kappa shape index (κ3) is 3.10. The van der Waals surface area contributed by atoms with E-state index in [0.29, 0.717) is 18.4 Å². The SMILES string of the molecule is Cc1cc(C(C)C)nc(NCc2c(C)noc2C)n1. The number of aromatic nitrogens is 3. The Morgan fingerprint density at radius 2 is 1.95 bits per heavy atom. The van der Waals surface area contributed by atoms with Gasteiger partial charge >= 0.3 is 0 Å². The first-order valence-electron chi connectivity index (χ1n) is 6.48. The zero-order chi connectivity index (χ0) is 14.0. The van der Waals surface area contributed by atoms with Crippen molar-refractivity contribution in [2.45, 2.75) is 47.1 Å². The molecule has 2 heterocycles. The van der Waals surface area contributed by atoms with E-state index in [9.17, 15) is 0 Å². The maximum absolute atomic E-state index is 5.14. The Morgan fingerprint density at radius 1 is 1.21 bits per heavy atom. The van der Waals surface area contributed by atoms with Crippen LogP contribution < -0.4 is 5.32 Å². The van der Waals surface area contributed by atoms with E-state index in [0.717, 1.165) is 28.4 Å². The Bertz CT molecular complexity index is 555. The maximum Gasteiger partial charge on any atom is 0.223 e. The van der Waals surface area contributed by atoms with Crippen molar-refractivity contribution in [1.82, 2.24) is 15.1 Å². The van der Waals surface area contributed by atoms with Crippen LogP contribution in [-0.4, -0.2) is 15.1 Å². The molecule has 0 radical (unpaired) electrons. The lowest BCUT2D eigenvalue weighted by molar-refractivity contribution is 0.392. The number of nitrogens with one attached hydrogen (secondary N) is 1. The topological polar surface area (TPSA) is 63.8 Å². The van der Waals surface area contributed by atoms with E-state index < -0.39 is 0 Å². The molecular weight excluding hydrogens is 240 g/mol. The Kier molecular flexibility index (Phi) is 3.83. The van der Waals surface area contributed by atoms with E-state index in [-0.39, 0.29) is 0 Å². The van der Waals surface area contributed by atoms with E-state index in [1.807, 2.05) is 26.8 Å². The smallest absolute Gasteiger partial charge is 0.223 e. The summed E-state index contributed by atoms with van der Waals surface area (Å²) < 4.78 is 5.14. The lowest BCUT2D eigenvalue weighted by Gasteiger charge is -2.10. The van der Waals surface area contributed by atoms with E-state index in [4.69, 9.17) is 4.52 Å². The summed E-state index contributed by atoms with van der Waals surface area (Å²) in [6.07, 6.45) is 0. The summed E-state index contributed by atoms with van der Waals surface area (Å²) in [5.74, 6) is 1.88. The van der Waals surface area contributed by atoms with Gasteiger partial charge in [-0.25, -0.2) is 9.97 Å². The zero-order valence-corrected chi connectivity index (χ0v) is 12.1. The van der Waals surface area contributed by atoms with Gasteiger partial charge in [-0.3, -0.25) is 0 Å². The molecule has 0 aliphatic carbocycles. The van der Waals surface area contributed by atoms with Gasteiger partial charge in [0.1, 0.15) is 5.76 Å². The first kappa shape index (κ1) is 13.5. The summed E-state index contributed by atoms with van der Waals surface area (Å²) in [6.45, 7) is 10.7. The van der Waals surface area contributed by atoms with Crippen LogP contribution in [0.5, 0.6) is 0 Å². The molecule has 0 amide bonds. The van der Waals surface area contributed by atoms with Crippen LogP contribution in [0.25, 0.3) is 0 Å². The number of hydrogen-bond acceptors (Lipinski definition) is 5. The number of anilines is 1. The average Bonchev–Trinajstić information content (AvgIpc) is 2.66. The second-order valence-electron chi connectivity index (χ2n) is 5.07. The van der Waals surface area contributed by atoms with Gasteiger partial charge in [0.05, 0.1) is 5.69 Å². The van der Waals surface area contributed by atoms with Crippen LogP contribution in [0.2, 0.25) is 0 Å². The lowest BCUT2D eigenvalue weighted by Crippen LogP contribution is -2.08. The van der Waals surface area contributed by atoms with Crippen LogP contribution in [0, 0.1) is 20.8 Å². The molecule has 0 aliphatic rings. The van der Waals surface area contributed by atoms with Crippen molar-refractivity contribution in [3.8, 4) is 0 Å². The molecule has 0 bridgehead atoms. The monoisotopic (exact) mass is 260 g/mol. The Labute approximate surface area is 113 Å². The fourth-order valence-electron chi connectivity index (χ4n) is 1.89. The third-order valence-corrected chi connectivity index (χ3v) is 3.07. The minimum Gasteiger partial charge on any atom is -0.361 e. The minimum absolute atomic E-state index is 0.390. The molecule has 0 unspecified atom stereocenters. The molecule has 0 aromatic carbocycles. The maximum atomic E-state index is 5.14. The molecule has 0 aliphatic heterocycles. The van der Waals surface area contributed by atoms with Crippen LogP contribution in [0.1, 0.15) is 48.2 Å². The summed E-state index contributed by atoms with van der Waals surface area (Å²) in [4.78, 5) is 8.92. The van der Waals surface area contributed by atoms with E-state index >= 15 is 0 Å². The number of rotatable bonds is 4. The van der Waals surface area contributed by atoms with Crippen molar-refractivity contribution in [3.63, 3.8) is 0 Å². The van der Waals surface area contributed by atoms with Crippen molar-refractivity contribution >= 4 is 5.95 Å². The number of hydrogen-bond donors (Lipinski definition) is 1. The van der Waals surface area contributed by atoms with Gasteiger partial charge in [-0.2, -0.15) is 0 Å². The molecule has 5 nitrogen and oxygen atoms in total. The van der Waals surface area contributed by atoms with Gasteiger partial charge < -0.3 is 9.84 Å². The second-order valence-corrected chi connectivity index (χ2v) is 5.07. The van der Waals surface area contributed by atoms with Gasteiger partial charge in [0.15, 0.2) is 0 Å². The lowest BCUT2D eigenvalue weighted by atomic mass is 10.1. The molecule has 2 rings (SSSR count). The normalized spacial score (nSPS) is 11.1. The van der Waals surface area contributed by atoms with Crippen molar-refractivity contribution in [1.29, 1.82) is 0 Å². The van der Waals surface area contributed by atoms with Crippen molar-refractivity contribution < 1.29 is 4.52 Å². The van der Waals surface area contributed by atoms with Gasteiger partial charge in [0, 0.05) is 23.5 Å². The molecule has 1 N–H and O–H groups in total. The van der Waals surface area contributed by atoms with Crippen LogP contribution in [0.4, 0.5) is 5.95 Å².